The summed E-state index contributed by atoms with van der Waals surface area (Å²) in [6.45, 7) is 2.06. The Balaban J connectivity index is 2.15. The maximum atomic E-state index is 6.12. The van der Waals surface area contributed by atoms with Crippen LogP contribution in [0.2, 0.25) is 15.1 Å². The molecule has 0 aliphatic carbocycles. The summed E-state index contributed by atoms with van der Waals surface area (Å²) in [6, 6.07) is 13.3. The molecule has 0 bridgehead atoms. The van der Waals surface area contributed by atoms with Crippen LogP contribution in [0.5, 0.6) is 0 Å². The largest absolute Gasteiger partial charge is 0.377 e. The van der Waals surface area contributed by atoms with Crippen molar-refractivity contribution in [3.8, 4) is 0 Å². The summed E-state index contributed by atoms with van der Waals surface area (Å²) in [5.74, 6) is 0. The first kappa shape index (κ1) is 13.5. The lowest BCUT2D eigenvalue weighted by molar-refractivity contribution is 0.885. The molecule has 0 heterocycles. The van der Waals surface area contributed by atoms with Crippen LogP contribution in [-0.4, -0.2) is 0 Å². The number of benzene rings is 2. The maximum Gasteiger partial charge on any atom is 0.0652 e. The molecule has 18 heavy (non-hydrogen) atoms. The number of nitrogens with one attached hydrogen (secondary N) is 1. The molecule has 0 saturated heterocycles. The van der Waals surface area contributed by atoms with Crippen LogP contribution >= 0.6 is 34.8 Å². The number of anilines is 1. The Labute approximate surface area is 122 Å². The van der Waals surface area contributed by atoms with Crippen LogP contribution in [0.1, 0.15) is 18.5 Å². The first-order valence-corrected chi connectivity index (χ1v) is 6.66. The average Bonchev–Trinajstić information content (AvgIpc) is 2.33. The molecule has 4 heteroatoms. The van der Waals surface area contributed by atoms with E-state index in [9.17, 15) is 0 Å². The van der Waals surface area contributed by atoms with E-state index in [-0.39, 0.29) is 6.04 Å². The predicted octanol–water partition coefficient (Wildman–Crippen LogP) is 5.82. The molecule has 0 amide bonds. The van der Waals surface area contributed by atoms with Crippen molar-refractivity contribution < 1.29 is 0 Å². The van der Waals surface area contributed by atoms with Crippen LogP contribution in [0.3, 0.4) is 0 Å². The Hall–Kier alpha value is -0.890. The van der Waals surface area contributed by atoms with Gasteiger partial charge in [-0.1, -0.05) is 46.9 Å². The van der Waals surface area contributed by atoms with E-state index in [2.05, 4.69) is 12.2 Å². The molecule has 2 rings (SSSR count). The second kappa shape index (κ2) is 5.83. The minimum atomic E-state index is 0.140. The van der Waals surface area contributed by atoms with Crippen molar-refractivity contribution >= 4 is 40.5 Å². The van der Waals surface area contributed by atoms with Gasteiger partial charge in [-0.25, -0.2) is 0 Å². The van der Waals surface area contributed by atoms with Crippen LogP contribution in [0.25, 0.3) is 0 Å². The second-order valence-corrected chi connectivity index (χ2v) is 5.32. The van der Waals surface area contributed by atoms with Gasteiger partial charge in [-0.3, -0.25) is 0 Å². The summed E-state index contributed by atoms with van der Waals surface area (Å²) in [5.41, 5.74) is 2.01. The number of rotatable bonds is 3. The molecular weight excluding hydrogens is 289 g/mol. The first-order valence-electron chi connectivity index (χ1n) is 5.53. The lowest BCUT2D eigenvalue weighted by atomic mass is 10.1. The van der Waals surface area contributed by atoms with Gasteiger partial charge in [0.1, 0.15) is 0 Å². The van der Waals surface area contributed by atoms with E-state index >= 15 is 0 Å². The van der Waals surface area contributed by atoms with Crippen LogP contribution in [0.15, 0.2) is 42.5 Å². The van der Waals surface area contributed by atoms with Gasteiger partial charge in [0.25, 0.3) is 0 Å². The molecule has 0 fully saturated rings. The van der Waals surface area contributed by atoms with Gasteiger partial charge in [-0.15, -0.1) is 0 Å². The SMILES string of the molecule is CC(Nc1ccc(Cl)cc1Cl)c1ccc(Cl)cc1. The Kier molecular flexibility index (Phi) is 4.39. The summed E-state index contributed by atoms with van der Waals surface area (Å²) in [7, 11) is 0. The third kappa shape index (κ3) is 3.32. The van der Waals surface area contributed by atoms with Crippen molar-refractivity contribution in [2.24, 2.45) is 0 Å². The number of hydrogen-bond acceptors (Lipinski definition) is 1. The van der Waals surface area contributed by atoms with Gasteiger partial charge in [-0.2, -0.15) is 0 Å². The number of halogens is 3. The third-order valence-electron chi connectivity index (χ3n) is 2.67. The van der Waals surface area contributed by atoms with Crippen molar-refractivity contribution in [1.82, 2.24) is 0 Å². The predicted molar refractivity (Wildman–Crippen MR) is 80.0 cm³/mol. The fourth-order valence-electron chi connectivity index (χ4n) is 1.67. The molecule has 1 unspecified atom stereocenters. The standard InChI is InChI=1S/C14H12Cl3N/c1-9(10-2-4-11(15)5-3-10)18-14-7-6-12(16)8-13(14)17/h2-9,18H,1H3. The minimum Gasteiger partial charge on any atom is -0.377 e. The van der Waals surface area contributed by atoms with Gasteiger partial charge < -0.3 is 5.32 Å². The van der Waals surface area contributed by atoms with E-state index in [0.29, 0.717) is 10.0 Å². The molecule has 2 aromatic carbocycles. The number of hydrogen-bond donors (Lipinski definition) is 1. The Morgan fingerprint density at radius 3 is 2.11 bits per heavy atom. The molecule has 0 aliphatic heterocycles. The van der Waals surface area contributed by atoms with Gasteiger partial charge in [0, 0.05) is 16.1 Å². The van der Waals surface area contributed by atoms with E-state index < -0.39 is 0 Å². The zero-order valence-corrected chi connectivity index (χ0v) is 12.0. The van der Waals surface area contributed by atoms with Crippen LogP contribution < -0.4 is 5.32 Å². The van der Waals surface area contributed by atoms with Crippen LogP contribution in [0.4, 0.5) is 5.69 Å². The second-order valence-electron chi connectivity index (χ2n) is 4.04. The van der Waals surface area contributed by atoms with Gasteiger partial charge in [-0.05, 0) is 42.8 Å². The molecule has 1 atom stereocenters. The van der Waals surface area contributed by atoms with Crippen LogP contribution in [0, 0.1) is 0 Å². The van der Waals surface area contributed by atoms with Gasteiger partial charge in [0.05, 0.1) is 10.7 Å². The molecule has 0 aliphatic rings. The monoisotopic (exact) mass is 299 g/mol. The van der Waals surface area contributed by atoms with E-state index in [0.717, 1.165) is 16.3 Å². The summed E-state index contributed by atoms with van der Waals surface area (Å²) in [6.07, 6.45) is 0. The van der Waals surface area contributed by atoms with Crippen molar-refractivity contribution in [1.29, 1.82) is 0 Å². The molecule has 2 aromatic rings. The molecular formula is C14H12Cl3N. The van der Waals surface area contributed by atoms with Crippen molar-refractivity contribution in [2.75, 3.05) is 5.32 Å². The fraction of sp³-hybridized carbons (Fsp3) is 0.143. The highest BCUT2D eigenvalue weighted by molar-refractivity contribution is 6.36. The van der Waals surface area contributed by atoms with E-state index in [4.69, 9.17) is 34.8 Å². The molecule has 0 radical (unpaired) electrons. The minimum absolute atomic E-state index is 0.140. The lowest BCUT2D eigenvalue weighted by Gasteiger charge is -2.17. The molecule has 0 aromatic heterocycles. The van der Waals surface area contributed by atoms with Gasteiger partial charge >= 0.3 is 0 Å². The zero-order chi connectivity index (χ0) is 13.1. The van der Waals surface area contributed by atoms with E-state index in [1.807, 2.05) is 36.4 Å². The lowest BCUT2D eigenvalue weighted by Crippen LogP contribution is -2.06. The topological polar surface area (TPSA) is 12.0 Å². The molecule has 0 saturated carbocycles. The summed E-state index contributed by atoms with van der Waals surface area (Å²) >= 11 is 17.8. The van der Waals surface area contributed by atoms with Crippen molar-refractivity contribution in [3.05, 3.63) is 63.1 Å². The Morgan fingerprint density at radius 2 is 1.50 bits per heavy atom. The highest BCUT2D eigenvalue weighted by Gasteiger charge is 2.07. The Bertz CT molecular complexity index is 537. The highest BCUT2D eigenvalue weighted by Crippen LogP contribution is 2.29. The molecule has 1 N–H and O–H groups in total. The molecule has 1 nitrogen and oxygen atoms in total. The highest BCUT2D eigenvalue weighted by atomic mass is 35.5. The fourth-order valence-corrected chi connectivity index (χ4v) is 2.26. The maximum absolute atomic E-state index is 6.12. The van der Waals surface area contributed by atoms with Crippen LogP contribution in [-0.2, 0) is 0 Å². The van der Waals surface area contributed by atoms with E-state index in [1.165, 1.54) is 0 Å². The quantitative estimate of drug-likeness (QED) is 0.753. The first-order chi connectivity index (χ1) is 8.56. The van der Waals surface area contributed by atoms with Gasteiger partial charge in [0.15, 0.2) is 0 Å². The van der Waals surface area contributed by atoms with Crippen molar-refractivity contribution in [2.45, 2.75) is 13.0 Å². The van der Waals surface area contributed by atoms with E-state index in [1.54, 1.807) is 6.07 Å². The summed E-state index contributed by atoms with van der Waals surface area (Å²) in [5, 5.41) is 5.31. The zero-order valence-electron chi connectivity index (χ0n) is 9.75. The average molecular weight is 301 g/mol. The third-order valence-corrected chi connectivity index (χ3v) is 3.47. The van der Waals surface area contributed by atoms with Gasteiger partial charge in [0.2, 0.25) is 0 Å². The molecule has 0 spiro atoms. The van der Waals surface area contributed by atoms with Crippen molar-refractivity contribution in [3.63, 3.8) is 0 Å². The Morgan fingerprint density at radius 1 is 0.889 bits per heavy atom. The normalized spacial score (nSPS) is 12.2. The smallest absolute Gasteiger partial charge is 0.0652 e. The summed E-state index contributed by atoms with van der Waals surface area (Å²) < 4.78 is 0. The summed E-state index contributed by atoms with van der Waals surface area (Å²) in [4.78, 5) is 0. The molecule has 94 valence electrons.